The average Bonchev–Trinajstić information content (AvgIpc) is 2.61. The van der Waals surface area contributed by atoms with Crippen molar-refractivity contribution in [3.63, 3.8) is 0 Å². The molecular formula is C18H24F3N3O2. The first kappa shape index (κ1) is 20.1. The standard InChI is InChI=1S/C18H24F3N3O2/c1-22-16(25)13-6-8-14(9-7-13)24-17(26)23-11-10-12-4-2-3-5-15(12)18(19,20)21/h2-5,13-14H,6-11H2,1H3,(H,22,25)(H2,23,24,26). The highest BCUT2D eigenvalue weighted by molar-refractivity contribution is 5.78. The van der Waals surface area contributed by atoms with Crippen molar-refractivity contribution in [3.05, 3.63) is 35.4 Å². The molecule has 26 heavy (non-hydrogen) atoms. The van der Waals surface area contributed by atoms with Gasteiger partial charge in [-0.25, -0.2) is 4.79 Å². The van der Waals surface area contributed by atoms with Gasteiger partial charge in [-0.3, -0.25) is 4.79 Å². The molecule has 1 saturated carbocycles. The summed E-state index contributed by atoms with van der Waals surface area (Å²) in [7, 11) is 1.61. The number of alkyl halides is 3. The van der Waals surface area contributed by atoms with Gasteiger partial charge in [-0.15, -0.1) is 0 Å². The summed E-state index contributed by atoms with van der Waals surface area (Å²) in [5.41, 5.74) is -0.513. The summed E-state index contributed by atoms with van der Waals surface area (Å²) in [5, 5.41) is 8.06. The van der Waals surface area contributed by atoms with Gasteiger partial charge in [-0.2, -0.15) is 13.2 Å². The number of rotatable bonds is 5. The molecule has 0 unspecified atom stereocenters. The minimum absolute atomic E-state index is 0.0139. The highest BCUT2D eigenvalue weighted by Gasteiger charge is 2.32. The molecule has 0 bridgehead atoms. The minimum atomic E-state index is -4.40. The molecule has 1 aromatic carbocycles. The molecule has 0 aliphatic heterocycles. The van der Waals surface area contributed by atoms with E-state index in [1.807, 2.05) is 0 Å². The van der Waals surface area contributed by atoms with Crippen LogP contribution in [0.5, 0.6) is 0 Å². The van der Waals surface area contributed by atoms with Gasteiger partial charge in [0.1, 0.15) is 0 Å². The second kappa shape index (κ2) is 8.91. The third kappa shape index (κ3) is 5.64. The van der Waals surface area contributed by atoms with E-state index in [4.69, 9.17) is 0 Å². The van der Waals surface area contributed by atoms with Crippen molar-refractivity contribution >= 4 is 11.9 Å². The maximum atomic E-state index is 12.9. The number of hydrogen-bond donors (Lipinski definition) is 3. The first-order chi connectivity index (χ1) is 12.3. The number of carbonyl (C=O) groups excluding carboxylic acids is 2. The summed E-state index contributed by atoms with van der Waals surface area (Å²) in [4.78, 5) is 23.5. The predicted molar refractivity (Wildman–Crippen MR) is 91.5 cm³/mol. The molecule has 1 fully saturated rings. The lowest BCUT2D eigenvalue weighted by atomic mass is 9.85. The molecule has 0 atom stereocenters. The number of amides is 3. The fourth-order valence-corrected chi connectivity index (χ4v) is 3.27. The molecule has 1 aliphatic rings. The van der Waals surface area contributed by atoms with E-state index in [-0.39, 0.29) is 36.4 Å². The van der Waals surface area contributed by atoms with Gasteiger partial charge < -0.3 is 16.0 Å². The highest BCUT2D eigenvalue weighted by Crippen LogP contribution is 2.31. The normalized spacial score (nSPS) is 20.3. The van der Waals surface area contributed by atoms with Crippen LogP contribution in [0.15, 0.2) is 24.3 Å². The van der Waals surface area contributed by atoms with E-state index in [1.54, 1.807) is 13.1 Å². The third-order valence-electron chi connectivity index (χ3n) is 4.68. The Balaban J connectivity index is 1.75. The molecule has 8 heteroatoms. The van der Waals surface area contributed by atoms with Crippen LogP contribution in [-0.4, -0.2) is 31.6 Å². The third-order valence-corrected chi connectivity index (χ3v) is 4.68. The van der Waals surface area contributed by atoms with E-state index in [1.165, 1.54) is 12.1 Å². The Labute approximate surface area is 150 Å². The molecule has 2 rings (SSSR count). The number of hydrogen-bond acceptors (Lipinski definition) is 2. The summed E-state index contributed by atoms with van der Waals surface area (Å²) in [5.74, 6) is 0.0104. The van der Waals surface area contributed by atoms with Crippen LogP contribution < -0.4 is 16.0 Å². The van der Waals surface area contributed by atoms with Gasteiger partial charge in [0.2, 0.25) is 5.91 Å². The van der Waals surface area contributed by atoms with Crippen molar-refractivity contribution in [3.8, 4) is 0 Å². The first-order valence-corrected chi connectivity index (χ1v) is 8.72. The fourth-order valence-electron chi connectivity index (χ4n) is 3.27. The van der Waals surface area contributed by atoms with Crippen LogP contribution in [0.4, 0.5) is 18.0 Å². The summed E-state index contributed by atoms with van der Waals surface area (Å²) in [6.45, 7) is 0.118. The van der Waals surface area contributed by atoms with Gasteiger partial charge in [0, 0.05) is 25.6 Å². The first-order valence-electron chi connectivity index (χ1n) is 8.72. The van der Waals surface area contributed by atoms with Crippen molar-refractivity contribution in [1.82, 2.24) is 16.0 Å². The average molecular weight is 371 g/mol. The van der Waals surface area contributed by atoms with Gasteiger partial charge in [-0.1, -0.05) is 18.2 Å². The Morgan fingerprint density at radius 3 is 2.38 bits per heavy atom. The Hall–Kier alpha value is -2.25. The molecule has 0 aromatic heterocycles. The zero-order valence-corrected chi connectivity index (χ0v) is 14.7. The van der Waals surface area contributed by atoms with Crippen molar-refractivity contribution in [2.45, 2.75) is 44.3 Å². The molecule has 1 aliphatic carbocycles. The van der Waals surface area contributed by atoms with Crippen LogP contribution in [-0.2, 0) is 17.4 Å². The summed E-state index contributed by atoms with van der Waals surface area (Å²) >= 11 is 0. The van der Waals surface area contributed by atoms with Crippen LogP contribution in [0.1, 0.15) is 36.8 Å². The van der Waals surface area contributed by atoms with Crippen LogP contribution in [0.3, 0.4) is 0 Å². The van der Waals surface area contributed by atoms with Crippen LogP contribution in [0, 0.1) is 5.92 Å². The Bertz CT molecular complexity index is 626. The molecule has 5 nitrogen and oxygen atoms in total. The number of nitrogens with one attached hydrogen (secondary N) is 3. The van der Waals surface area contributed by atoms with Gasteiger partial charge in [-0.05, 0) is 43.7 Å². The van der Waals surface area contributed by atoms with E-state index < -0.39 is 17.8 Å². The Morgan fingerprint density at radius 1 is 1.12 bits per heavy atom. The summed E-state index contributed by atoms with van der Waals surface area (Å²) in [6, 6.07) is 4.95. The number of benzene rings is 1. The molecule has 3 amide bonds. The van der Waals surface area contributed by atoms with Gasteiger partial charge >= 0.3 is 12.2 Å². The van der Waals surface area contributed by atoms with Crippen LogP contribution >= 0.6 is 0 Å². The molecule has 0 spiro atoms. The van der Waals surface area contributed by atoms with Crippen molar-refractivity contribution in [1.29, 1.82) is 0 Å². The van der Waals surface area contributed by atoms with Crippen molar-refractivity contribution in [2.24, 2.45) is 5.92 Å². The zero-order valence-electron chi connectivity index (χ0n) is 14.7. The van der Waals surface area contributed by atoms with Gasteiger partial charge in [0.15, 0.2) is 0 Å². The lowest BCUT2D eigenvalue weighted by Gasteiger charge is -2.28. The summed E-state index contributed by atoms with van der Waals surface area (Å²) < 4.78 is 38.8. The predicted octanol–water partition coefficient (Wildman–Crippen LogP) is 2.85. The van der Waals surface area contributed by atoms with E-state index in [2.05, 4.69) is 16.0 Å². The number of carbonyl (C=O) groups is 2. The highest BCUT2D eigenvalue weighted by atomic mass is 19.4. The van der Waals surface area contributed by atoms with Crippen molar-refractivity contribution < 1.29 is 22.8 Å². The molecule has 0 radical (unpaired) electrons. The lowest BCUT2D eigenvalue weighted by Crippen LogP contribution is -2.45. The molecule has 1 aromatic rings. The fraction of sp³-hybridized carbons (Fsp3) is 0.556. The van der Waals surface area contributed by atoms with E-state index in [9.17, 15) is 22.8 Å². The molecule has 3 N–H and O–H groups in total. The number of halogens is 3. The van der Waals surface area contributed by atoms with Crippen molar-refractivity contribution in [2.75, 3.05) is 13.6 Å². The molecule has 144 valence electrons. The molecule has 0 saturated heterocycles. The van der Waals surface area contributed by atoms with E-state index >= 15 is 0 Å². The van der Waals surface area contributed by atoms with Crippen LogP contribution in [0.25, 0.3) is 0 Å². The summed E-state index contributed by atoms with van der Waals surface area (Å²) in [6.07, 6.45) is -1.45. The smallest absolute Gasteiger partial charge is 0.359 e. The number of urea groups is 1. The molecular weight excluding hydrogens is 347 g/mol. The van der Waals surface area contributed by atoms with Gasteiger partial charge in [0.25, 0.3) is 0 Å². The van der Waals surface area contributed by atoms with E-state index in [0.717, 1.165) is 6.07 Å². The molecule has 0 heterocycles. The zero-order chi connectivity index (χ0) is 19.2. The minimum Gasteiger partial charge on any atom is -0.359 e. The second-order valence-electron chi connectivity index (χ2n) is 6.47. The maximum Gasteiger partial charge on any atom is 0.416 e. The monoisotopic (exact) mass is 371 g/mol. The Kier molecular flexibility index (Phi) is 6.88. The maximum absolute atomic E-state index is 12.9. The van der Waals surface area contributed by atoms with Crippen LogP contribution in [0.2, 0.25) is 0 Å². The SMILES string of the molecule is CNC(=O)C1CCC(NC(=O)NCCc2ccccc2C(F)(F)F)CC1. The second-order valence-corrected chi connectivity index (χ2v) is 6.47. The largest absolute Gasteiger partial charge is 0.416 e. The van der Waals surface area contributed by atoms with Gasteiger partial charge in [0.05, 0.1) is 5.56 Å². The Morgan fingerprint density at radius 2 is 1.77 bits per heavy atom. The topological polar surface area (TPSA) is 70.2 Å². The lowest BCUT2D eigenvalue weighted by molar-refractivity contribution is -0.138. The van der Waals surface area contributed by atoms with E-state index in [0.29, 0.717) is 25.7 Å². The quantitative estimate of drug-likeness (QED) is 0.745.